The van der Waals surface area contributed by atoms with Gasteiger partial charge in [-0.3, -0.25) is 4.79 Å². The van der Waals surface area contributed by atoms with E-state index in [1.807, 2.05) is 0 Å². The van der Waals surface area contributed by atoms with Crippen LogP contribution in [-0.4, -0.2) is 44.5 Å². The smallest absolute Gasteiger partial charge is 0.251 e. The maximum absolute atomic E-state index is 11.8. The zero-order valence-corrected chi connectivity index (χ0v) is 10.9. The molecule has 5 heteroatoms. The first-order valence-corrected chi connectivity index (χ1v) is 5.68. The van der Waals surface area contributed by atoms with Crippen molar-refractivity contribution in [2.75, 3.05) is 27.4 Å². The highest BCUT2D eigenvalue weighted by molar-refractivity contribution is 5.94. The van der Waals surface area contributed by atoms with Gasteiger partial charge in [-0.15, -0.1) is 0 Å². The number of rotatable bonds is 6. The molecular weight excluding hydrogens is 234 g/mol. The Bertz CT molecular complexity index is 406. The molecule has 0 aliphatic rings. The van der Waals surface area contributed by atoms with Crippen LogP contribution in [0.4, 0.5) is 0 Å². The van der Waals surface area contributed by atoms with Crippen molar-refractivity contribution in [3.05, 3.63) is 29.3 Å². The molecule has 0 aliphatic carbocycles. The minimum Gasteiger partial charge on any atom is -0.508 e. The van der Waals surface area contributed by atoms with Gasteiger partial charge in [0.25, 0.3) is 5.91 Å². The topological polar surface area (TPSA) is 67.8 Å². The summed E-state index contributed by atoms with van der Waals surface area (Å²) in [4.78, 5) is 11.8. The van der Waals surface area contributed by atoms with Crippen molar-refractivity contribution in [1.82, 2.24) is 5.32 Å². The molecule has 0 bridgehead atoms. The van der Waals surface area contributed by atoms with Gasteiger partial charge in [0.1, 0.15) is 5.75 Å². The first kappa shape index (κ1) is 14.5. The lowest BCUT2D eigenvalue weighted by Crippen LogP contribution is -2.35. The van der Waals surface area contributed by atoms with Crippen molar-refractivity contribution < 1.29 is 19.4 Å². The van der Waals surface area contributed by atoms with E-state index in [9.17, 15) is 9.90 Å². The van der Waals surface area contributed by atoms with Crippen molar-refractivity contribution in [3.8, 4) is 5.75 Å². The number of aromatic hydroxyl groups is 1. The summed E-state index contributed by atoms with van der Waals surface area (Å²) in [6, 6.07) is 4.73. The fourth-order valence-corrected chi connectivity index (χ4v) is 1.50. The molecule has 1 amide bonds. The highest BCUT2D eigenvalue weighted by Gasteiger charge is 2.11. The summed E-state index contributed by atoms with van der Waals surface area (Å²) >= 11 is 0. The standard InChI is InChI=1S/C13H19NO4/c1-9-6-10(4-5-12(9)15)13(16)14-7-11(18-3)8-17-2/h4-6,11,15H,7-8H2,1-3H3,(H,14,16). The zero-order valence-electron chi connectivity index (χ0n) is 10.9. The van der Waals surface area contributed by atoms with Crippen LogP contribution >= 0.6 is 0 Å². The number of carbonyl (C=O) groups is 1. The molecule has 1 rings (SSSR count). The molecule has 1 atom stereocenters. The van der Waals surface area contributed by atoms with Gasteiger partial charge in [0.05, 0.1) is 12.7 Å². The lowest BCUT2D eigenvalue weighted by molar-refractivity contribution is 0.0285. The number of amides is 1. The van der Waals surface area contributed by atoms with E-state index in [-0.39, 0.29) is 17.8 Å². The molecule has 0 spiro atoms. The molecule has 2 N–H and O–H groups in total. The number of benzene rings is 1. The molecule has 0 aliphatic heterocycles. The maximum Gasteiger partial charge on any atom is 0.251 e. The van der Waals surface area contributed by atoms with E-state index in [0.29, 0.717) is 24.3 Å². The number of methoxy groups -OCH3 is 2. The van der Waals surface area contributed by atoms with Crippen LogP contribution in [0.15, 0.2) is 18.2 Å². The second kappa shape index (κ2) is 6.98. The number of hydrogen-bond donors (Lipinski definition) is 2. The van der Waals surface area contributed by atoms with Gasteiger partial charge in [-0.1, -0.05) is 0 Å². The first-order valence-electron chi connectivity index (χ1n) is 5.68. The van der Waals surface area contributed by atoms with Gasteiger partial charge in [-0.2, -0.15) is 0 Å². The van der Waals surface area contributed by atoms with E-state index < -0.39 is 0 Å². The Morgan fingerprint density at radius 2 is 2.17 bits per heavy atom. The molecule has 100 valence electrons. The van der Waals surface area contributed by atoms with Gasteiger partial charge in [-0.25, -0.2) is 0 Å². The fraction of sp³-hybridized carbons (Fsp3) is 0.462. The van der Waals surface area contributed by atoms with Gasteiger partial charge in [0.2, 0.25) is 0 Å². The Hall–Kier alpha value is -1.59. The Morgan fingerprint density at radius 3 is 2.72 bits per heavy atom. The van der Waals surface area contributed by atoms with Crippen LogP contribution in [0.3, 0.4) is 0 Å². The molecule has 0 saturated heterocycles. The van der Waals surface area contributed by atoms with Crippen LogP contribution in [0.1, 0.15) is 15.9 Å². The largest absolute Gasteiger partial charge is 0.508 e. The van der Waals surface area contributed by atoms with Crippen LogP contribution in [-0.2, 0) is 9.47 Å². The Labute approximate surface area is 107 Å². The monoisotopic (exact) mass is 253 g/mol. The number of nitrogens with one attached hydrogen (secondary N) is 1. The van der Waals surface area contributed by atoms with Crippen molar-refractivity contribution in [2.24, 2.45) is 0 Å². The average Bonchev–Trinajstić information content (AvgIpc) is 2.37. The highest BCUT2D eigenvalue weighted by atomic mass is 16.5. The molecule has 0 heterocycles. The van der Waals surface area contributed by atoms with E-state index in [0.717, 1.165) is 0 Å². The molecule has 18 heavy (non-hydrogen) atoms. The molecule has 1 aromatic rings. The zero-order chi connectivity index (χ0) is 13.5. The van der Waals surface area contributed by atoms with Gasteiger partial charge in [-0.05, 0) is 30.7 Å². The molecular formula is C13H19NO4. The number of phenolic OH excluding ortho intramolecular Hbond substituents is 1. The Balaban J connectivity index is 2.57. The third-order valence-electron chi connectivity index (χ3n) is 2.64. The highest BCUT2D eigenvalue weighted by Crippen LogP contribution is 2.16. The summed E-state index contributed by atoms with van der Waals surface area (Å²) < 4.78 is 10.1. The van der Waals surface area contributed by atoms with Crippen molar-refractivity contribution in [1.29, 1.82) is 0 Å². The van der Waals surface area contributed by atoms with Crippen LogP contribution in [0.5, 0.6) is 5.75 Å². The number of phenols is 1. The molecule has 5 nitrogen and oxygen atoms in total. The molecule has 1 unspecified atom stereocenters. The summed E-state index contributed by atoms with van der Waals surface area (Å²) in [5, 5.41) is 12.1. The lowest BCUT2D eigenvalue weighted by Gasteiger charge is -2.15. The van der Waals surface area contributed by atoms with Crippen LogP contribution in [0.2, 0.25) is 0 Å². The van der Waals surface area contributed by atoms with E-state index in [2.05, 4.69) is 5.32 Å². The summed E-state index contributed by atoms with van der Waals surface area (Å²) in [6.07, 6.45) is -0.169. The van der Waals surface area contributed by atoms with Gasteiger partial charge in [0.15, 0.2) is 0 Å². The van der Waals surface area contributed by atoms with Crippen LogP contribution < -0.4 is 5.32 Å². The van der Waals surface area contributed by atoms with E-state index in [4.69, 9.17) is 9.47 Å². The lowest BCUT2D eigenvalue weighted by atomic mass is 10.1. The number of aryl methyl sites for hydroxylation is 1. The normalized spacial score (nSPS) is 12.2. The van der Waals surface area contributed by atoms with Gasteiger partial charge < -0.3 is 19.9 Å². The number of carbonyl (C=O) groups excluding carboxylic acids is 1. The minimum atomic E-state index is -0.198. The Morgan fingerprint density at radius 1 is 1.44 bits per heavy atom. The van der Waals surface area contributed by atoms with Crippen LogP contribution in [0, 0.1) is 6.92 Å². The Kier molecular flexibility index (Phi) is 5.61. The third kappa shape index (κ3) is 4.01. The average molecular weight is 253 g/mol. The molecule has 1 aromatic carbocycles. The predicted molar refractivity (Wildman–Crippen MR) is 67.9 cm³/mol. The van der Waals surface area contributed by atoms with E-state index in [1.165, 1.54) is 6.07 Å². The predicted octanol–water partition coefficient (Wildman–Crippen LogP) is 1.09. The fourth-order valence-electron chi connectivity index (χ4n) is 1.50. The summed E-state index contributed by atoms with van der Waals surface area (Å²) in [7, 11) is 3.15. The molecule has 0 aromatic heterocycles. The van der Waals surface area contributed by atoms with Crippen LogP contribution in [0.25, 0.3) is 0 Å². The molecule has 0 radical (unpaired) electrons. The van der Waals surface area contributed by atoms with E-state index in [1.54, 1.807) is 33.3 Å². The van der Waals surface area contributed by atoms with Crippen molar-refractivity contribution in [3.63, 3.8) is 0 Å². The summed E-state index contributed by atoms with van der Waals surface area (Å²) in [5.74, 6) is -0.0167. The first-order chi connectivity index (χ1) is 8.58. The quantitative estimate of drug-likeness (QED) is 0.796. The van der Waals surface area contributed by atoms with Crippen molar-refractivity contribution >= 4 is 5.91 Å². The second-order valence-corrected chi connectivity index (χ2v) is 4.02. The third-order valence-corrected chi connectivity index (χ3v) is 2.64. The maximum atomic E-state index is 11.8. The second-order valence-electron chi connectivity index (χ2n) is 4.02. The number of hydrogen-bond acceptors (Lipinski definition) is 4. The van der Waals surface area contributed by atoms with Gasteiger partial charge >= 0.3 is 0 Å². The summed E-state index contributed by atoms with van der Waals surface area (Å²) in [5.41, 5.74) is 1.18. The molecule has 0 fully saturated rings. The van der Waals surface area contributed by atoms with Gasteiger partial charge in [0, 0.05) is 26.3 Å². The van der Waals surface area contributed by atoms with Crippen molar-refractivity contribution in [2.45, 2.75) is 13.0 Å². The molecule has 0 saturated carbocycles. The van der Waals surface area contributed by atoms with E-state index >= 15 is 0 Å². The minimum absolute atomic E-state index is 0.169. The summed E-state index contributed by atoms with van der Waals surface area (Å²) in [6.45, 7) is 2.55. The SMILES string of the molecule is COCC(CNC(=O)c1ccc(O)c(C)c1)OC. The number of ether oxygens (including phenoxy) is 2.